The van der Waals surface area contributed by atoms with E-state index in [1.807, 2.05) is 24.3 Å². The summed E-state index contributed by atoms with van der Waals surface area (Å²) >= 11 is 0. The fraction of sp³-hybridized carbons (Fsp3) is 0.381. The van der Waals surface area contributed by atoms with Gasteiger partial charge in [0.2, 0.25) is 0 Å². The Morgan fingerprint density at radius 2 is 1.52 bits per heavy atom. The van der Waals surface area contributed by atoms with E-state index >= 15 is 0 Å². The lowest BCUT2D eigenvalue weighted by Crippen LogP contribution is -2.06. The van der Waals surface area contributed by atoms with Crippen LogP contribution in [0.15, 0.2) is 36.4 Å². The molecule has 27 heavy (non-hydrogen) atoms. The molecule has 0 spiro atoms. The monoisotopic (exact) mass is 390 g/mol. The molecule has 0 aromatic heterocycles. The Kier molecular flexibility index (Phi) is 8.41. The molecule has 2 aromatic rings. The predicted octanol–water partition coefficient (Wildman–Crippen LogP) is 4.43. The van der Waals surface area contributed by atoms with Crippen molar-refractivity contribution < 1.29 is 23.7 Å². The van der Waals surface area contributed by atoms with Crippen LogP contribution in [0.3, 0.4) is 0 Å². The molecule has 0 radical (unpaired) electrons. The van der Waals surface area contributed by atoms with Crippen LogP contribution >= 0.6 is 8.58 Å². The van der Waals surface area contributed by atoms with E-state index < -0.39 is 0 Å². The van der Waals surface area contributed by atoms with Crippen molar-refractivity contribution in [1.82, 2.24) is 0 Å². The molecule has 2 aromatic carbocycles. The molecular weight excluding hydrogens is 363 g/mol. The molecule has 0 saturated carbocycles. The first-order chi connectivity index (χ1) is 13.1. The third kappa shape index (κ3) is 5.86. The van der Waals surface area contributed by atoms with Crippen LogP contribution in [-0.4, -0.2) is 33.5 Å². The second-order valence-corrected chi connectivity index (χ2v) is 7.22. The van der Waals surface area contributed by atoms with E-state index in [1.165, 1.54) is 27.1 Å². The summed E-state index contributed by atoms with van der Waals surface area (Å²) in [4.78, 5) is 12.9. The highest BCUT2D eigenvalue weighted by Crippen LogP contribution is 2.37. The van der Waals surface area contributed by atoms with E-state index in [9.17, 15) is 4.79 Å². The average molecular weight is 390 g/mol. The van der Waals surface area contributed by atoms with Gasteiger partial charge in [0.25, 0.3) is 0 Å². The summed E-state index contributed by atoms with van der Waals surface area (Å²) in [6.45, 7) is 2.88. The standard InChI is InChI=1S/C21H27O5P/c1-5-6-7-12-26-15-8-10-17(11-9-15)27-21(22)20-18(24-3)13-16(23-2)14-19(20)25-4/h8-11,13-14,27H,5-7,12H2,1-4H3. The number of hydrogen-bond donors (Lipinski definition) is 0. The maximum atomic E-state index is 12.9. The van der Waals surface area contributed by atoms with Gasteiger partial charge in [0, 0.05) is 12.1 Å². The fourth-order valence-corrected chi connectivity index (χ4v) is 3.57. The molecule has 0 bridgehead atoms. The zero-order chi connectivity index (χ0) is 19.6. The van der Waals surface area contributed by atoms with E-state index in [-0.39, 0.29) is 14.1 Å². The Balaban J connectivity index is 2.10. The topological polar surface area (TPSA) is 54.0 Å². The second-order valence-electron chi connectivity index (χ2n) is 5.94. The van der Waals surface area contributed by atoms with Gasteiger partial charge in [-0.15, -0.1) is 0 Å². The highest BCUT2D eigenvalue weighted by Gasteiger charge is 2.20. The van der Waals surface area contributed by atoms with Crippen LogP contribution in [0.5, 0.6) is 23.0 Å². The summed E-state index contributed by atoms with van der Waals surface area (Å²) in [6, 6.07) is 11.0. The molecular formula is C21H27O5P. The minimum atomic E-state index is -0.0528. The molecule has 0 amide bonds. The van der Waals surface area contributed by atoms with E-state index in [2.05, 4.69) is 6.92 Å². The minimum absolute atomic E-state index is 0.0446. The van der Waals surface area contributed by atoms with E-state index in [1.54, 1.807) is 19.2 Å². The Labute approximate surface area is 162 Å². The van der Waals surface area contributed by atoms with E-state index in [0.29, 0.717) is 29.4 Å². The molecule has 0 fully saturated rings. The van der Waals surface area contributed by atoms with Crippen molar-refractivity contribution in [2.75, 3.05) is 27.9 Å². The third-order valence-corrected chi connectivity index (χ3v) is 5.17. The first-order valence-electron chi connectivity index (χ1n) is 8.97. The number of carbonyl (C=O) groups excluding carboxylic acids is 1. The Bertz CT molecular complexity index is 718. The maximum absolute atomic E-state index is 12.9. The van der Waals surface area contributed by atoms with Crippen molar-refractivity contribution in [3.8, 4) is 23.0 Å². The molecule has 0 N–H and O–H groups in total. The summed E-state index contributed by atoms with van der Waals surface area (Å²) in [6.07, 6.45) is 3.39. The smallest absolute Gasteiger partial charge is 0.193 e. The van der Waals surface area contributed by atoms with Gasteiger partial charge in [-0.3, -0.25) is 4.79 Å². The summed E-state index contributed by atoms with van der Waals surface area (Å²) < 4.78 is 21.7. The number of rotatable bonds is 11. The molecule has 1 unspecified atom stereocenters. The first kappa shape index (κ1) is 21.0. The number of methoxy groups -OCH3 is 3. The van der Waals surface area contributed by atoms with Crippen molar-refractivity contribution >= 4 is 19.4 Å². The van der Waals surface area contributed by atoms with E-state index in [4.69, 9.17) is 18.9 Å². The fourth-order valence-electron chi connectivity index (χ4n) is 2.60. The summed E-state index contributed by atoms with van der Waals surface area (Å²) in [5.74, 6) is 2.29. The molecule has 1 atom stereocenters. The van der Waals surface area contributed by atoms with Crippen molar-refractivity contribution in [2.45, 2.75) is 26.2 Å². The van der Waals surface area contributed by atoms with E-state index in [0.717, 1.165) is 17.5 Å². The Morgan fingerprint density at radius 3 is 2.04 bits per heavy atom. The van der Waals surface area contributed by atoms with Gasteiger partial charge in [0.15, 0.2) is 5.52 Å². The molecule has 0 aliphatic heterocycles. The number of hydrogen-bond acceptors (Lipinski definition) is 5. The third-order valence-electron chi connectivity index (χ3n) is 4.07. The molecule has 2 rings (SSSR count). The van der Waals surface area contributed by atoms with Gasteiger partial charge < -0.3 is 18.9 Å². The quantitative estimate of drug-likeness (QED) is 0.420. The number of carbonyl (C=O) groups is 1. The van der Waals surface area contributed by atoms with Gasteiger partial charge >= 0.3 is 0 Å². The Morgan fingerprint density at radius 1 is 0.889 bits per heavy atom. The lowest BCUT2D eigenvalue weighted by molar-refractivity contribution is 0.108. The van der Waals surface area contributed by atoms with Crippen molar-refractivity contribution in [1.29, 1.82) is 0 Å². The Hall–Kier alpha value is -2.26. The van der Waals surface area contributed by atoms with Crippen molar-refractivity contribution in [2.24, 2.45) is 0 Å². The summed E-state index contributed by atoms with van der Waals surface area (Å²) in [5, 5.41) is 0.931. The predicted molar refractivity (Wildman–Crippen MR) is 110 cm³/mol. The van der Waals surface area contributed by atoms with Crippen LogP contribution in [0.4, 0.5) is 0 Å². The van der Waals surface area contributed by atoms with Gasteiger partial charge in [-0.1, -0.05) is 31.9 Å². The summed E-state index contributed by atoms with van der Waals surface area (Å²) in [5.41, 5.74) is 0.377. The zero-order valence-electron chi connectivity index (χ0n) is 16.3. The van der Waals surface area contributed by atoms with Gasteiger partial charge in [-0.2, -0.15) is 0 Å². The second kappa shape index (κ2) is 10.8. The molecule has 0 saturated heterocycles. The number of unbranched alkanes of at least 4 members (excludes halogenated alkanes) is 2. The van der Waals surface area contributed by atoms with Crippen LogP contribution in [0.25, 0.3) is 0 Å². The largest absolute Gasteiger partial charge is 0.496 e. The minimum Gasteiger partial charge on any atom is -0.496 e. The van der Waals surface area contributed by atoms with Crippen LogP contribution in [0.2, 0.25) is 0 Å². The van der Waals surface area contributed by atoms with Crippen molar-refractivity contribution in [3.05, 3.63) is 42.0 Å². The lowest BCUT2D eigenvalue weighted by atomic mass is 10.2. The van der Waals surface area contributed by atoms with Gasteiger partial charge in [-0.25, -0.2) is 0 Å². The highest BCUT2D eigenvalue weighted by atomic mass is 31.1. The number of benzene rings is 2. The normalized spacial score (nSPS) is 10.8. The lowest BCUT2D eigenvalue weighted by Gasteiger charge is -2.14. The van der Waals surface area contributed by atoms with Crippen LogP contribution in [-0.2, 0) is 0 Å². The number of ether oxygens (including phenoxy) is 4. The average Bonchev–Trinajstić information content (AvgIpc) is 2.71. The molecule has 0 aliphatic rings. The summed E-state index contributed by atoms with van der Waals surface area (Å²) in [7, 11) is 4.57. The van der Waals surface area contributed by atoms with Gasteiger partial charge in [0.1, 0.15) is 28.6 Å². The molecule has 6 heteroatoms. The van der Waals surface area contributed by atoms with Crippen molar-refractivity contribution in [3.63, 3.8) is 0 Å². The van der Waals surface area contributed by atoms with Crippen LogP contribution in [0.1, 0.15) is 36.5 Å². The highest BCUT2D eigenvalue weighted by molar-refractivity contribution is 7.66. The zero-order valence-corrected chi connectivity index (χ0v) is 17.3. The van der Waals surface area contributed by atoms with Crippen LogP contribution in [0, 0.1) is 0 Å². The van der Waals surface area contributed by atoms with Gasteiger partial charge in [0.05, 0.1) is 27.9 Å². The SMILES string of the molecule is CCCCCOc1ccc(PC(=O)c2c(OC)cc(OC)cc2OC)cc1. The molecule has 146 valence electrons. The van der Waals surface area contributed by atoms with Gasteiger partial charge in [-0.05, 0) is 32.4 Å². The molecule has 0 heterocycles. The maximum Gasteiger partial charge on any atom is 0.193 e. The molecule has 5 nitrogen and oxygen atoms in total. The first-order valence-corrected chi connectivity index (χ1v) is 9.97. The van der Waals surface area contributed by atoms with Crippen LogP contribution < -0.4 is 24.3 Å². The molecule has 0 aliphatic carbocycles.